The topological polar surface area (TPSA) is 84.9 Å². The summed E-state index contributed by atoms with van der Waals surface area (Å²) in [5.41, 5.74) is 1.11. The van der Waals surface area contributed by atoms with E-state index in [1.807, 2.05) is 0 Å². The van der Waals surface area contributed by atoms with Crippen molar-refractivity contribution in [2.45, 2.75) is 41.9 Å². The highest BCUT2D eigenvalue weighted by Crippen LogP contribution is 2.34. The second-order valence-electron chi connectivity index (χ2n) is 8.06. The Morgan fingerprint density at radius 1 is 1.16 bits per heavy atom. The summed E-state index contributed by atoms with van der Waals surface area (Å²) in [4.78, 5) is 14.8. The summed E-state index contributed by atoms with van der Waals surface area (Å²) in [5, 5.41) is 2.34. The third-order valence-electron chi connectivity index (χ3n) is 6.10. The predicted octanol–water partition coefficient (Wildman–Crippen LogP) is 4.16. The van der Waals surface area contributed by atoms with E-state index in [-0.39, 0.29) is 22.7 Å². The lowest BCUT2D eigenvalue weighted by molar-refractivity contribution is 0.0983. The van der Waals surface area contributed by atoms with Gasteiger partial charge in [-0.05, 0) is 61.6 Å². The Balaban J connectivity index is 1.50. The van der Waals surface area contributed by atoms with Crippen LogP contribution in [0.15, 0.2) is 47.4 Å². The van der Waals surface area contributed by atoms with Gasteiger partial charge in [-0.15, -0.1) is 0 Å². The minimum absolute atomic E-state index is 0.158. The van der Waals surface area contributed by atoms with E-state index in [0.29, 0.717) is 43.9 Å². The number of amides is 2. The summed E-state index contributed by atoms with van der Waals surface area (Å²) < 4.78 is 50.4. The SMILES string of the molecule is COc1ccc(C2CCCN2C(=O)Nc2cccc(S(=O)(=O)C3CCOCC3)c2)cc1F. The van der Waals surface area contributed by atoms with Gasteiger partial charge in [-0.2, -0.15) is 0 Å². The van der Waals surface area contributed by atoms with Crippen molar-refractivity contribution in [3.05, 3.63) is 53.8 Å². The first-order valence-corrected chi connectivity index (χ1v) is 12.3. The summed E-state index contributed by atoms with van der Waals surface area (Å²) in [5.74, 6) is -0.312. The molecule has 9 heteroatoms. The maximum Gasteiger partial charge on any atom is 0.322 e. The normalized spacial score (nSPS) is 19.7. The molecule has 1 atom stereocenters. The molecule has 2 aromatic carbocycles. The number of methoxy groups -OCH3 is 1. The van der Waals surface area contributed by atoms with E-state index in [4.69, 9.17) is 9.47 Å². The van der Waals surface area contributed by atoms with E-state index in [2.05, 4.69) is 5.32 Å². The molecule has 2 aliphatic rings. The Morgan fingerprint density at radius 3 is 2.66 bits per heavy atom. The number of carbonyl (C=O) groups is 1. The predicted molar refractivity (Wildman–Crippen MR) is 118 cm³/mol. The number of rotatable bonds is 5. The molecule has 0 bridgehead atoms. The number of halogens is 1. The Kier molecular flexibility index (Phi) is 6.66. The van der Waals surface area contributed by atoms with Crippen LogP contribution in [0.1, 0.15) is 37.3 Å². The first-order chi connectivity index (χ1) is 15.4. The average Bonchev–Trinajstić information content (AvgIpc) is 3.30. The molecule has 2 amide bonds. The van der Waals surface area contributed by atoms with Crippen molar-refractivity contribution in [3.63, 3.8) is 0 Å². The monoisotopic (exact) mass is 462 g/mol. The molecule has 2 heterocycles. The number of benzene rings is 2. The molecular weight excluding hydrogens is 435 g/mol. The molecule has 32 heavy (non-hydrogen) atoms. The van der Waals surface area contributed by atoms with Crippen LogP contribution in [0.5, 0.6) is 5.75 Å². The lowest BCUT2D eigenvalue weighted by atomic mass is 10.0. The van der Waals surface area contributed by atoms with Gasteiger partial charge in [0.1, 0.15) is 0 Å². The van der Waals surface area contributed by atoms with E-state index in [1.165, 1.54) is 19.2 Å². The van der Waals surface area contributed by atoms with Gasteiger partial charge in [0.25, 0.3) is 0 Å². The molecule has 2 aromatic rings. The van der Waals surface area contributed by atoms with Crippen LogP contribution in [0.4, 0.5) is 14.9 Å². The number of hydrogen-bond donors (Lipinski definition) is 1. The molecule has 0 spiro atoms. The third-order valence-corrected chi connectivity index (χ3v) is 8.36. The Bertz CT molecular complexity index is 1090. The summed E-state index contributed by atoms with van der Waals surface area (Å²) in [7, 11) is -2.10. The molecule has 1 N–H and O–H groups in total. The maximum atomic E-state index is 14.2. The second kappa shape index (κ2) is 9.46. The third kappa shape index (κ3) is 4.59. The number of nitrogens with zero attached hydrogens (tertiary/aromatic N) is 1. The first kappa shape index (κ1) is 22.5. The Labute approximate surface area is 187 Å². The highest BCUT2D eigenvalue weighted by atomic mass is 32.2. The van der Waals surface area contributed by atoms with Gasteiger partial charge in [0.05, 0.1) is 23.3 Å². The Morgan fingerprint density at radius 2 is 1.94 bits per heavy atom. The summed E-state index contributed by atoms with van der Waals surface area (Å²) in [6, 6.07) is 10.5. The van der Waals surface area contributed by atoms with Crippen molar-refractivity contribution in [2.24, 2.45) is 0 Å². The van der Waals surface area contributed by atoms with E-state index in [0.717, 1.165) is 12.8 Å². The molecule has 7 nitrogen and oxygen atoms in total. The van der Waals surface area contributed by atoms with Crippen LogP contribution < -0.4 is 10.1 Å². The molecule has 2 aliphatic heterocycles. The summed E-state index contributed by atoms with van der Waals surface area (Å²) >= 11 is 0. The molecule has 0 aliphatic carbocycles. The first-order valence-electron chi connectivity index (χ1n) is 10.7. The van der Waals surface area contributed by atoms with Crippen molar-refractivity contribution in [2.75, 3.05) is 32.2 Å². The lowest BCUT2D eigenvalue weighted by Gasteiger charge is -2.26. The molecule has 0 radical (unpaired) electrons. The highest BCUT2D eigenvalue weighted by Gasteiger charge is 2.32. The number of hydrogen-bond acceptors (Lipinski definition) is 5. The molecule has 2 fully saturated rings. The molecular formula is C23H27FN2O5S. The summed E-state index contributed by atoms with van der Waals surface area (Å²) in [6.07, 6.45) is 2.45. The quantitative estimate of drug-likeness (QED) is 0.721. The number of sulfone groups is 1. The highest BCUT2D eigenvalue weighted by molar-refractivity contribution is 7.92. The van der Waals surface area contributed by atoms with E-state index >= 15 is 0 Å². The molecule has 0 saturated carbocycles. The zero-order valence-corrected chi connectivity index (χ0v) is 18.7. The second-order valence-corrected chi connectivity index (χ2v) is 10.3. The fraction of sp³-hybridized carbons (Fsp3) is 0.435. The van der Waals surface area contributed by atoms with Crippen LogP contribution in [-0.4, -0.2) is 51.5 Å². The largest absolute Gasteiger partial charge is 0.494 e. The zero-order valence-electron chi connectivity index (χ0n) is 17.9. The van der Waals surface area contributed by atoms with Gasteiger partial charge in [0.15, 0.2) is 21.4 Å². The fourth-order valence-electron chi connectivity index (χ4n) is 4.37. The van der Waals surface area contributed by atoms with Gasteiger partial charge in [-0.1, -0.05) is 12.1 Å². The lowest BCUT2D eigenvalue weighted by Crippen LogP contribution is -2.34. The summed E-state index contributed by atoms with van der Waals surface area (Å²) in [6.45, 7) is 1.40. The smallest absolute Gasteiger partial charge is 0.322 e. The van der Waals surface area contributed by atoms with E-state index in [1.54, 1.807) is 35.2 Å². The molecule has 4 rings (SSSR count). The van der Waals surface area contributed by atoms with Crippen molar-refractivity contribution in [1.82, 2.24) is 4.90 Å². The standard InChI is InChI=1S/C23H27FN2O5S/c1-30-22-8-7-16(14-20(22)24)21-6-3-11-26(21)23(27)25-17-4-2-5-19(15-17)32(28,29)18-9-12-31-13-10-18/h2,4-5,7-8,14-15,18,21H,3,6,9-13H2,1H3,(H,25,27). The van der Waals surface area contributed by atoms with Gasteiger partial charge >= 0.3 is 6.03 Å². The minimum Gasteiger partial charge on any atom is -0.494 e. The van der Waals surface area contributed by atoms with Crippen LogP contribution >= 0.6 is 0 Å². The maximum absolute atomic E-state index is 14.2. The number of urea groups is 1. The van der Waals surface area contributed by atoms with E-state index < -0.39 is 20.9 Å². The van der Waals surface area contributed by atoms with Gasteiger partial charge in [0.2, 0.25) is 0 Å². The average molecular weight is 463 g/mol. The van der Waals surface area contributed by atoms with Crippen LogP contribution in [0, 0.1) is 5.82 Å². The molecule has 2 saturated heterocycles. The van der Waals surface area contributed by atoms with Crippen molar-refractivity contribution in [3.8, 4) is 5.75 Å². The van der Waals surface area contributed by atoms with Gasteiger partial charge in [-0.3, -0.25) is 0 Å². The van der Waals surface area contributed by atoms with Gasteiger partial charge in [0, 0.05) is 25.4 Å². The van der Waals surface area contributed by atoms with Crippen LogP contribution in [-0.2, 0) is 14.6 Å². The van der Waals surface area contributed by atoms with Crippen LogP contribution in [0.2, 0.25) is 0 Å². The fourth-order valence-corrected chi connectivity index (χ4v) is 6.13. The van der Waals surface area contributed by atoms with Gasteiger partial charge < -0.3 is 19.7 Å². The molecule has 172 valence electrons. The number of anilines is 1. The number of likely N-dealkylation sites (tertiary alicyclic amines) is 1. The van der Waals surface area contributed by atoms with Crippen LogP contribution in [0.3, 0.4) is 0 Å². The number of nitrogens with one attached hydrogen (secondary N) is 1. The van der Waals surface area contributed by atoms with Crippen LogP contribution in [0.25, 0.3) is 0 Å². The minimum atomic E-state index is -3.50. The van der Waals surface area contributed by atoms with Crippen molar-refractivity contribution in [1.29, 1.82) is 0 Å². The van der Waals surface area contributed by atoms with Crippen molar-refractivity contribution >= 4 is 21.6 Å². The van der Waals surface area contributed by atoms with Gasteiger partial charge in [-0.25, -0.2) is 17.6 Å². The number of carbonyl (C=O) groups excluding carboxylic acids is 1. The molecule has 0 aromatic heterocycles. The molecule has 1 unspecified atom stereocenters. The Hall–Kier alpha value is -2.65. The van der Waals surface area contributed by atoms with Crippen molar-refractivity contribution < 1.29 is 27.1 Å². The number of ether oxygens (including phenoxy) is 2. The van der Waals surface area contributed by atoms with E-state index in [9.17, 15) is 17.6 Å². The zero-order chi connectivity index (χ0) is 22.7.